The van der Waals surface area contributed by atoms with Gasteiger partial charge in [-0.3, -0.25) is 0 Å². The summed E-state index contributed by atoms with van der Waals surface area (Å²) in [6.45, 7) is 0. The lowest BCUT2D eigenvalue weighted by molar-refractivity contribution is 0.445. The first-order chi connectivity index (χ1) is 25.8. The predicted octanol–water partition coefficient (Wildman–Crippen LogP) is 15.2. The van der Waals surface area contributed by atoms with Crippen LogP contribution in [0.3, 0.4) is 0 Å². The minimum Gasteiger partial charge on any atom is -0.310 e. The van der Waals surface area contributed by atoms with Crippen molar-refractivity contribution in [2.75, 3.05) is 4.90 Å². The Morgan fingerprint density at radius 2 is 1.08 bits per heavy atom. The van der Waals surface area contributed by atoms with Crippen LogP contribution in [0.25, 0.3) is 64.0 Å². The normalized spacial score (nSPS) is 13.7. The van der Waals surface area contributed by atoms with E-state index in [0.717, 1.165) is 5.69 Å². The first kappa shape index (κ1) is 31.1. The van der Waals surface area contributed by atoms with Gasteiger partial charge in [0.1, 0.15) is 0 Å². The molecule has 0 N–H and O–H groups in total. The van der Waals surface area contributed by atoms with Gasteiger partial charge < -0.3 is 4.90 Å². The standard InChI is InChI=1S/C50H39NS/c1-3-13-34(14-4-1)40-30-31-47(44-20-8-7-19-43(40)44)51(39-29-32-49-46(33-39)45-21-9-10-24-48(45)52-49)38-27-25-36(26-28-38)42-23-12-18-37-17-11-22-41(50(37)42)35-15-5-2-6-16-35/h2,5-12,15-34H,1,3-4,13-14H2. The summed E-state index contributed by atoms with van der Waals surface area (Å²) in [5, 5.41) is 7.88. The molecule has 0 unspecified atom stereocenters. The minimum absolute atomic E-state index is 0.635. The van der Waals surface area contributed by atoms with E-state index in [1.165, 1.54) is 113 Å². The summed E-state index contributed by atoms with van der Waals surface area (Å²) in [5.41, 5.74) is 10.0. The van der Waals surface area contributed by atoms with Crippen LogP contribution in [0.15, 0.2) is 170 Å². The van der Waals surface area contributed by atoms with Gasteiger partial charge in [-0.1, -0.05) is 147 Å². The largest absolute Gasteiger partial charge is 0.310 e. The van der Waals surface area contributed by atoms with Gasteiger partial charge in [0, 0.05) is 36.9 Å². The number of nitrogens with zero attached hydrogens (tertiary/aromatic N) is 1. The summed E-state index contributed by atoms with van der Waals surface area (Å²) < 4.78 is 2.65. The molecule has 1 saturated carbocycles. The fourth-order valence-electron chi connectivity index (χ4n) is 8.78. The number of rotatable bonds is 6. The highest BCUT2D eigenvalue weighted by molar-refractivity contribution is 7.25. The second kappa shape index (κ2) is 13.1. The molecule has 0 aliphatic heterocycles. The lowest BCUT2D eigenvalue weighted by Crippen LogP contribution is -2.12. The molecule has 0 spiro atoms. The number of benzene rings is 8. The Morgan fingerprint density at radius 3 is 1.85 bits per heavy atom. The summed E-state index contributed by atoms with van der Waals surface area (Å²) in [5.74, 6) is 0.635. The molecule has 10 rings (SSSR count). The van der Waals surface area contributed by atoms with Crippen molar-refractivity contribution in [1.29, 1.82) is 0 Å². The molecular formula is C50H39NS. The van der Waals surface area contributed by atoms with Crippen molar-refractivity contribution in [2.45, 2.75) is 38.0 Å². The maximum absolute atomic E-state index is 2.49. The molecule has 8 aromatic carbocycles. The highest BCUT2D eigenvalue weighted by Crippen LogP contribution is 2.46. The second-order valence-electron chi connectivity index (χ2n) is 14.3. The molecule has 0 atom stereocenters. The van der Waals surface area contributed by atoms with E-state index in [2.05, 4.69) is 175 Å². The van der Waals surface area contributed by atoms with E-state index in [0.29, 0.717) is 5.92 Å². The molecule has 1 heterocycles. The smallest absolute Gasteiger partial charge is 0.0540 e. The minimum atomic E-state index is 0.635. The quantitative estimate of drug-likeness (QED) is 0.168. The van der Waals surface area contributed by atoms with Gasteiger partial charge in [-0.2, -0.15) is 0 Å². The van der Waals surface area contributed by atoms with Crippen molar-refractivity contribution in [3.63, 3.8) is 0 Å². The number of thiophene rings is 1. The zero-order valence-electron chi connectivity index (χ0n) is 29.1. The van der Waals surface area contributed by atoms with Crippen molar-refractivity contribution >= 4 is 70.1 Å². The fraction of sp³-hybridized carbons (Fsp3) is 0.120. The summed E-state index contributed by atoms with van der Waals surface area (Å²) >= 11 is 1.88. The van der Waals surface area contributed by atoms with Crippen molar-refractivity contribution in [3.8, 4) is 22.3 Å². The Balaban J connectivity index is 1.15. The van der Waals surface area contributed by atoms with Gasteiger partial charge in [0.25, 0.3) is 0 Å². The molecule has 9 aromatic rings. The average Bonchev–Trinajstić information content (AvgIpc) is 3.59. The van der Waals surface area contributed by atoms with Crippen LogP contribution < -0.4 is 4.90 Å². The molecule has 1 aromatic heterocycles. The van der Waals surface area contributed by atoms with Crippen molar-refractivity contribution in [3.05, 3.63) is 175 Å². The third-order valence-electron chi connectivity index (χ3n) is 11.3. The van der Waals surface area contributed by atoms with Crippen LogP contribution >= 0.6 is 11.3 Å². The first-order valence-electron chi connectivity index (χ1n) is 18.7. The molecule has 0 saturated heterocycles. The molecule has 2 heteroatoms. The van der Waals surface area contributed by atoms with Crippen LogP contribution in [-0.2, 0) is 0 Å². The van der Waals surface area contributed by atoms with Gasteiger partial charge in [0.05, 0.1) is 5.69 Å². The number of fused-ring (bicyclic) bond motifs is 5. The van der Waals surface area contributed by atoms with Gasteiger partial charge in [0.15, 0.2) is 0 Å². The van der Waals surface area contributed by atoms with Crippen LogP contribution in [0.4, 0.5) is 17.1 Å². The molecule has 0 radical (unpaired) electrons. The van der Waals surface area contributed by atoms with Gasteiger partial charge in [-0.15, -0.1) is 11.3 Å². The fourth-order valence-corrected chi connectivity index (χ4v) is 9.87. The zero-order chi connectivity index (χ0) is 34.4. The predicted molar refractivity (Wildman–Crippen MR) is 226 cm³/mol. The second-order valence-corrected chi connectivity index (χ2v) is 15.4. The van der Waals surface area contributed by atoms with E-state index < -0.39 is 0 Å². The van der Waals surface area contributed by atoms with Crippen LogP contribution in [0.2, 0.25) is 0 Å². The molecule has 1 fully saturated rings. The van der Waals surface area contributed by atoms with E-state index in [-0.39, 0.29) is 0 Å². The van der Waals surface area contributed by atoms with E-state index in [1.807, 2.05) is 11.3 Å². The van der Waals surface area contributed by atoms with E-state index in [1.54, 1.807) is 0 Å². The first-order valence-corrected chi connectivity index (χ1v) is 19.5. The van der Waals surface area contributed by atoms with Gasteiger partial charge in [-0.25, -0.2) is 0 Å². The topological polar surface area (TPSA) is 3.24 Å². The van der Waals surface area contributed by atoms with Gasteiger partial charge in [-0.05, 0) is 105 Å². The van der Waals surface area contributed by atoms with Crippen LogP contribution in [-0.4, -0.2) is 0 Å². The highest BCUT2D eigenvalue weighted by atomic mass is 32.1. The van der Waals surface area contributed by atoms with Crippen LogP contribution in [0, 0.1) is 0 Å². The summed E-state index contributed by atoms with van der Waals surface area (Å²) in [6, 6.07) is 63.2. The van der Waals surface area contributed by atoms with Crippen molar-refractivity contribution < 1.29 is 0 Å². The van der Waals surface area contributed by atoms with Crippen LogP contribution in [0.1, 0.15) is 43.6 Å². The highest BCUT2D eigenvalue weighted by Gasteiger charge is 2.22. The monoisotopic (exact) mass is 685 g/mol. The Bertz CT molecular complexity index is 2710. The Labute approximate surface area is 309 Å². The molecule has 1 nitrogen and oxygen atoms in total. The Morgan fingerprint density at radius 1 is 0.442 bits per heavy atom. The molecule has 0 bridgehead atoms. The summed E-state index contributed by atoms with van der Waals surface area (Å²) in [6.07, 6.45) is 6.60. The van der Waals surface area contributed by atoms with Crippen molar-refractivity contribution in [2.24, 2.45) is 0 Å². The van der Waals surface area contributed by atoms with Crippen LogP contribution in [0.5, 0.6) is 0 Å². The van der Waals surface area contributed by atoms with Gasteiger partial charge in [0.2, 0.25) is 0 Å². The third kappa shape index (κ3) is 5.38. The molecule has 250 valence electrons. The zero-order valence-corrected chi connectivity index (χ0v) is 30.0. The number of hydrogen-bond acceptors (Lipinski definition) is 2. The van der Waals surface area contributed by atoms with E-state index in [4.69, 9.17) is 0 Å². The Hall–Kier alpha value is -5.70. The van der Waals surface area contributed by atoms with Crippen molar-refractivity contribution in [1.82, 2.24) is 0 Å². The molecule has 1 aliphatic carbocycles. The summed E-state index contributed by atoms with van der Waals surface area (Å²) in [4.78, 5) is 2.49. The summed E-state index contributed by atoms with van der Waals surface area (Å²) in [7, 11) is 0. The van der Waals surface area contributed by atoms with E-state index in [9.17, 15) is 0 Å². The third-order valence-corrected chi connectivity index (χ3v) is 12.4. The average molecular weight is 686 g/mol. The van der Waals surface area contributed by atoms with Gasteiger partial charge >= 0.3 is 0 Å². The molecule has 0 amide bonds. The molecule has 1 aliphatic rings. The number of anilines is 3. The van der Waals surface area contributed by atoms with E-state index >= 15 is 0 Å². The lowest BCUT2D eigenvalue weighted by atomic mass is 9.82. The SMILES string of the molecule is c1ccc(-c2cccc3cccc(-c4ccc(N(c5ccc6sc7ccccc7c6c5)c5ccc(C6CCCCC6)c6ccccc56)cc4)c23)cc1. The maximum Gasteiger partial charge on any atom is 0.0540 e. The maximum atomic E-state index is 2.49. The lowest BCUT2D eigenvalue weighted by Gasteiger charge is -2.29. The Kier molecular flexibility index (Phi) is 7.84. The number of hydrogen-bond donors (Lipinski definition) is 0. The molecular weight excluding hydrogens is 647 g/mol. The molecule has 52 heavy (non-hydrogen) atoms.